The van der Waals surface area contributed by atoms with Crippen molar-refractivity contribution in [2.45, 2.75) is 56.1 Å². The average molecular weight is 455 g/mol. The maximum absolute atomic E-state index is 13.2. The van der Waals surface area contributed by atoms with Gasteiger partial charge in [0.2, 0.25) is 0 Å². The van der Waals surface area contributed by atoms with E-state index in [1.165, 1.54) is 29.2 Å². The maximum Gasteiger partial charge on any atom is 0.446 e. The minimum Gasteiger partial charge on any atom is -0.368 e. The summed E-state index contributed by atoms with van der Waals surface area (Å²) in [6.07, 6.45) is 4.39. The monoisotopic (exact) mass is 454 g/mol. The summed E-state index contributed by atoms with van der Waals surface area (Å²) in [5.41, 5.74) is -5.23. The zero-order valence-corrected chi connectivity index (χ0v) is 18.5. The van der Waals surface area contributed by atoms with Crippen molar-refractivity contribution in [2.75, 3.05) is 11.4 Å². The van der Waals surface area contributed by atoms with Crippen LogP contribution in [0.5, 0.6) is 0 Å². The van der Waals surface area contributed by atoms with E-state index in [2.05, 4.69) is 10.3 Å². The molecule has 0 spiro atoms. The number of carbonyl (C=O) groups excluding carboxylic acids is 2. The molecule has 2 aliphatic rings. The fraction of sp³-hybridized carbons (Fsp3) is 0.476. The molecule has 6 nitrogen and oxygen atoms in total. The number of imide groups is 1. The number of benzene rings is 1. The van der Waals surface area contributed by atoms with Crippen LogP contribution in [0.25, 0.3) is 0 Å². The molecule has 3 amide bonds. The molecule has 168 valence electrons. The largest absolute Gasteiger partial charge is 0.446 e. The smallest absolute Gasteiger partial charge is 0.368 e. The number of aliphatic imine (C=N–C) groups is 1. The molecule has 1 fully saturated rings. The van der Waals surface area contributed by atoms with Crippen molar-refractivity contribution >= 4 is 35.6 Å². The number of halogens is 3. The van der Waals surface area contributed by atoms with Gasteiger partial charge < -0.3 is 10.2 Å². The van der Waals surface area contributed by atoms with Crippen molar-refractivity contribution in [3.63, 3.8) is 0 Å². The normalized spacial score (nSPS) is 21.2. The van der Waals surface area contributed by atoms with E-state index in [4.69, 9.17) is 0 Å². The van der Waals surface area contributed by atoms with Crippen LogP contribution in [0.1, 0.15) is 34.1 Å². The summed E-state index contributed by atoms with van der Waals surface area (Å²) < 4.78 is 37.7. The van der Waals surface area contributed by atoms with Gasteiger partial charge >= 0.3 is 11.5 Å². The van der Waals surface area contributed by atoms with E-state index in [1.807, 2.05) is 19.9 Å². The summed E-state index contributed by atoms with van der Waals surface area (Å²) >= 11 is -0.242. The van der Waals surface area contributed by atoms with Crippen LogP contribution in [0, 0.1) is 5.92 Å². The fourth-order valence-electron chi connectivity index (χ4n) is 3.53. The lowest BCUT2D eigenvalue weighted by Gasteiger charge is -2.31. The third kappa shape index (κ3) is 5.23. The first-order valence-electron chi connectivity index (χ1n) is 9.91. The van der Waals surface area contributed by atoms with Gasteiger partial charge in [-0.15, -0.1) is 0 Å². The molecule has 10 heteroatoms. The van der Waals surface area contributed by atoms with Crippen molar-refractivity contribution in [3.8, 4) is 0 Å². The lowest BCUT2D eigenvalue weighted by Crippen LogP contribution is -2.46. The van der Waals surface area contributed by atoms with E-state index in [-0.39, 0.29) is 34.3 Å². The summed E-state index contributed by atoms with van der Waals surface area (Å²) in [7, 11) is 0. The van der Waals surface area contributed by atoms with E-state index in [9.17, 15) is 22.8 Å². The second kappa shape index (κ2) is 8.57. The Morgan fingerprint density at radius 2 is 1.87 bits per heavy atom. The Morgan fingerprint density at radius 1 is 1.23 bits per heavy atom. The summed E-state index contributed by atoms with van der Waals surface area (Å²) in [4.78, 5) is 33.1. The van der Waals surface area contributed by atoms with Crippen LogP contribution in [0.4, 0.5) is 23.7 Å². The fourth-order valence-corrected chi connectivity index (χ4v) is 4.07. The third-order valence-electron chi connectivity index (χ3n) is 5.04. The SMILES string of the molecule is CC(C)NC1=CC(CN2C(=O)N(c3ccc(SC(F)(F)F)cc3)C(=O)C2(C)C)CC=N1. The molecular formula is C21H25F3N4O2S. The zero-order valence-electron chi connectivity index (χ0n) is 17.7. The Balaban J connectivity index is 1.79. The Bertz CT molecular complexity index is 910. The predicted octanol–water partition coefficient (Wildman–Crippen LogP) is 4.78. The van der Waals surface area contributed by atoms with Gasteiger partial charge in [0.25, 0.3) is 5.91 Å². The quantitative estimate of drug-likeness (QED) is 0.497. The number of alkyl halides is 3. The minimum absolute atomic E-state index is 0.0109. The van der Waals surface area contributed by atoms with Crippen LogP contribution >= 0.6 is 11.8 Å². The van der Waals surface area contributed by atoms with Gasteiger partial charge in [-0.25, -0.2) is 14.7 Å². The molecule has 0 aliphatic carbocycles. The second-order valence-electron chi connectivity index (χ2n) is 8.29. The number of nitrogens with zero attached hydrogens (tertiary/aromatic N) is 3. The predicted molar refractivity (Wildman–Crippen MR) is 115 cm³/mol. The van der Waals surface area contributed by atoms with Crippen LogP contribution in [0.15, 0.2) is 46.1 Å². The van der Waals surface area contributed by atoms with Gasteiger partial charge in [-0.3, -0.25) is 4.79 Å². The van der Waals surface area contributed by atoms with E-state index in [0.717, 1.165) is 10.7 Å². The molecule has 31 heavy (non-hydrogen) atoms. The first-order valence-corrected chi connectivity index (χ1v) is 10.7. The number of thioether (sulfide) groups is 1. The number of carbonyl (C=O) groups is 2. The third-order valence-corrected chi connectivity index (χ3v) is 5.78. The summed E-state index contributed by atoms with van der Waals surface area (Å²) in [5.74, 6) is 0.305. The maximum atomic E-state index is 13.2. The first-order chi connectivity index (χ1) is 14.4. The minimum atomic E-state index is -4.40. The summed E-state index contributed by atoms with van der Waals surface area (Å²) in [6.45, 7) is 7.68. The van der Waals surface area contributed by atoms with E-state index < -0.39 is 23.0 Å². The number of urea groups is 1. The van der Waals surface area contributed by atoms with Gasteiger partial charge in [0, 0.05) is 29.6 Å². The van der Waals surface area contributed by atoms with Gasteiger partial charge in [0.1, 0.15) is 11.4 Å². The van der Waals surface area contributed by atoms with Crippen LogP contribution in [0.3, 0.4) is 0 Å². The molecule has 0 radical (unpaired) electrons. The number of amides is 3. The molecule has 2 heterocycles. The number of hydrogen-bond donors (Lipinski definition) is 1. The average Bonchev–Trinajstić information content (AvgIpc) is 2.81. The highest BCUT2D eigenvalue weighted by molar-refractivity contribution is 8.00. The van der Waals surface area contributed by atoms with Crippen LogP contribution in [-0.4, -0.2) is 46.7 Å². The highest BCUT2D eigenvalue weighted by Crippen LogP contribution is 2.39. The van der Waals surface area contributed by atoms with Crippen molar-refractivity contribution in [1.29, 1.82) is 0 Å². The Hall–Kier alpha value is -2.49. The van der Waals surface area contributed by atoms with Crippen molar-refractivity contribution in [3.05, 3.63) is 36.2 Å². The molecule has 1 N–H and O–H groups in total. The molecule has 3 rings (SSSR count). The molecule has 0 aromatic heterocycles. The first kappa shape index (κ1) is 23.2. The van der Waals surface area contributed by atoms with Crippen LogP contribution in [-0.2, 0) is 4.79 Å². The molecular weight excluding hydrogens is 429 g/mol. The van der Waals surface area contributed by atoms with Gasteiger partial charge in [-0.1, -0.05) is 0 Å². The summed E-state index contributed by atoms with van der Waals surface area (Å²) in [6, 6.07) is 4.97. The van der Waals surface area contributed by atoms with Crippen LogP contribution in [0.2, 0.25) is 0 Å². The van der Waals surface area contributed by atoms with Crippen molar-refractivity contribution in [2.24, 2.45) is 10.9 Å². The molecule has 2 aliphatic heterocycles. The summed E-state index contributed by atoms with van der Waals surface area (Å²) in [5, 5.41) is 3.23. The van der Waals surface area contributed by atoms with Gasteiger partial charge in [-0.2, -0.15) is 13.2 Å². The molecule has 1 atom stereocenters. The molecule has 1 unspecified atom stereocenters. The Morgan fingerprint density at radius 3 is 2.45 bits per heavy atom. The van der Waals surface area contributed by atoms with E-state index in [1.54, 1.807) is 20.1 Å². The standard InChI is InChI=1S/C21H25F3N4O2S/c1-13(2)26-17-11-14(9-10-25-17)12-27-19(30)28(18(29)20(27,3)4)15-5-7-16(8-6-15)31-21(22,23)24/h5-8,10-11,13-14,26H,9,12H2,1-4H3. The molecule has 1 aromatic rings. The highest BCUT2D eigenvalue weighted by atomic mass is 32.2. The van der Waals surface area contributed by atoms with Crippen LogP contribution < -0.4 is 10.2 Å². The van der Waals surface area contributed by atoms with E-state index in [0.29, 0.717) is 13.0 Å². The number of nitrogens with one attached hydrogen (secondary N) is 1. The number of rotatable bonds is 6. The topological polar surface area (TPSA) is 65.0 Å². The van der Waals surface area contributed by atoms with Gasteiger partial charge in [0.05, 0.1) is 5.69 Å². The van der Waals surface area contributed by atoms with Crippen molar-refractivity contribution < 1.29 is 22.8 Å². The van der Waals surface area contributed by atoms with E-state index >= 15 is 0 Å². The number of anilines is 1. The second-order valence-corrected chi connectivity index (χ2v) is 9.43. The molecule has 0 saturated carbocycles. The number of hydrogen-bond acceptors (Lipinski definition) is 5. The van der Waals surface area contributed by atoms with Gasteiger partial charge in [0.15, 0.2) is 0 Å². The Labute approximate surface area is 183 Å². The molecule has 1 saturated heterocycles. The molecule has 1 aromatic carbocycles. The zero-order chi connectivity index (χ0) is 23.0. The lowest BCUT2D eigenvalue weighted by atomic mass is 9.98. The highest BCUT2D eigenvalue weighted by Gasteiger charge is 2.52. The lowest BCUT2D eigenvalue weighted by molar-refractivity contribution is -0.123. The van der Waals surface area contributed by atoms with Crippen molar-refractivity contribution in [1.82, 2.24) is 10.2 Å². The molecule has 0 bridgehead atoms. The van der Waals surface area contributed by atoms with Gasteiger partial charge in [-0.05, 0) is 76.2 Å². The Kier molecular flexibility index (Phi) is 6.40.